The predicted octanol–water partition coefficient (Wildman–Crippen LogP) is 3.22. The third-order valence-corrected chi connectivity index (χ3v) is 4.26. The molecule has 0 radical (unpaired) electrons. The van der Waals surface area contributed by atoms with Gasteiger partial charge in [-0.15, -0.1) is 11.3 Å². The maximum Gasteiger partial charge on any atom is 0.284 e. The lowest BCUT2D eigenvalue weighted by atomic mass is 10.3. The van der Waals surface area contributed by atoms with Crippen LogP contribution in [-0.2, 0) is 4.84 Å². The molecule has 114 valence electrons. The molecule has 3 aromatic rings. The highest BCUT2D eigenvalue weighted by Crippen LogP contribution is 2.30. The number of aryl methyl sites for hydroxylation is 1. The summed E-state index contributed by atoms with van der Waals surface area (Å²) in [5, 5.41) is 5.35. The molecule has 0 bridgehead atoms. The minimum absolute atomic E-state index is 0.284. The maximum absolute atomic E-state index is 13.1. The Kier molecular flexibility index (Phi) is 3.91. The van der Waals surface area contributed by atoms with Gasteiger partial charge in [-0.2, -0.15) is 5.10 Å². The van der Waals surface area contributed by atoms with Gasteiger partial charge >= 0.3 is 0 Å². The fourth-order valence-corrected chi connectivity index (χ4v) is 3.17. The van der Waals surface area contributed by atoms with Crippen LogP contribution < -0.4 is 5.48 Å². The molecule has 0 spiro atoms. The molecule has 0 atom stereocenters. The van der Waals surface area contributed by atoms with E-state index in [4.69, 9.17) is 4.84 Å². The van der Waals surface area contributed by atoms with E-state index in [2.05, 4.69) is 10.6 Å². The van der Waals surface area contributed by atoms with E-state index in [1.165, 1.54) is 23.5 Å². The van der Waals surface area contributed by atoms with Crippen LogP contribution in [0.25, 0.3) is 15.9 Å². The number of carbonyl (C=O) groups excluding carboxylic acids is 1. The Hall–Kier alpha value is -2.25. The molecular formula is C15H14FN3O2S. The number of fused-ring (bicyclic) bond motifs is 1. The molecule has 7 heteroatoms. The van der Waals surface area contributed by atoms with Gasteiger partial charge in [-0.3, -0.25) is 9.63 Å². The molecule has 0 fully saturated rings. The molecule has 2 heterocycles. The molecule has 3 rings (SSSR count). The fourth-order valence-electron chi connectivity index (χ4n) is 2.10. The lowest BCUT2D eigenvalue weighted by Gasteiger charge is -2.02. The second kappa shape index (κ2) is 5.86. The van der Waals surface area contributed by atoms with Gasteiger partial charge < -0.3 is 0 Å². The largest absolute Gasteiger partial charge is 0.284 e. The smallest absolute Gasteiger partial charge is 0.274 e. The number of hydrogen-bond acceptors (Lipinski definition) is 4. The first-order valence-electron chi connectivity index (χ1n) is 6.77. The monoisotopic (exact) mass is 319 g/mol. The van der Waals surface area contributed by atoms with E-state index in [-0.39, 0.29) is 11.7 Å². The van der Waals surface area contributed by atoms with Gasteiger partial charge in [-0.25, -0.2) is 14.6 Å². The van der Waals surface area contributed by atoms with E-state index in [1.807, 2.05) is 6.92 Å². The Bertz CT molecular complexity index is 823. The van der Waals surface area contributed by atoms with Gasteiger partial charge in [0.25, 0.3) is 5.91 Å². The number of hydroxylamine groups is 1. The van der Waals surface area contributed by atoms with Crippen molar-refractivity contribution in [3.63, 3.8) is 0 Å². The number of halogens is 1. The summed E-state index contributed by atoms with van der Waals surface area (Å²) < 4.78 is 14.8. The Morgan fingerprint density at radius 3 is 2.82 bits per heavy atom. The molecule has 0 aliphatic carbocycles. The van der Waals surface area contributed by atoms with Gasteiger partial charge in [0.1, 0.15) is 10.6 Å². The van der Waals surface area contributed by atoms with E-state index < -0.39 is 0 Å². The summed E-state index contributed by atoms with van der Waals surface area (Å²) in [7, 11) is 0. The number of carbonyl (C=O) groups is 1. The molecule has 0 saturated carbocycles. The summed E-state index contributed by atoms with van der Waals surface area (Å²) in [4.78, 5) is 18.3. The minimum Gasteiger partial charge on any atom is -0.274 e. The summed E-state index contributed by atoms with van der Waals surface area (Å²) in [6, 6.07) is 7.86. The number of nitrogens with one attached hydrogen (secondary N) is 1. The lowest BCUT2D eigenvalue weighted by Crippen LogP contribution is -2.22. The van der Waals surface area contributed by atoms with Gasteiger partial charge in [-0.1, -0.05) is 0 Å². The Labute approximate surface area is 130 Å². The van der Waals surface area contributed by atoms with Gasteiger partial charge in [0.15, 0.2) is 0 Å². The Morgan fingerprint density at radius 2 is 2.14 bits per heavy atom. The van der Waals surface area contributed by atoms with Crippen molar-refractivity contribution < 1.29 is 14.0 Å². The van der Waals surface area contributed by atoms with Crippen LogP contribution in [0.3, 0.4) is 0 Å². The standard InChI is InChI=1S/C15H14FN3O2S/c1-3-21-18-14(20)13-8-12-9(2)17-19(15(12)22-13)11-6-4-10(16)5-7-11/h4-8H,3H2,1-2H3,(H,18,20). The second-order valence-electron chi connectivity index (χ2n) is 4.67. The van der Waals surface area contributed by atoms with Crippen molar-refractivity contribution in [1.29, 1.82) is 0 Å². The van der Waals surface area contributed by atoms with Crippen molar-refractivity contribution >= 4 is 27.5 Å². The highest BCUT2D eigenvalue weighted by atomic mass is 32.1. The zero-order chi connectivity index (χ0) is 15.7. The average Bonchev–Trinajstić information content (AvgIpc) is 3.07. The molecule has 0 aliphatic heterocycles. The first kappa shape index (κ1) is 14.7. The van der Waals surface area contributed by atoms with E-state index >= 15 is 0 Å². The molecule has 1 aromatic carbocycles. The second-order valence-corrected chi connectivity index (χ2v) is 5.70. The van der Waals surface area contributed by atoms with E-state index in [9.17, 15) is 9.18 Å². The third-order valence-electron chi connectivity index (χ3n) is 3.15. The van der Waals surface area contributed by atoms with Crippen LogP contribution in [0.4, 0.5) is 4.39 Å². The number of rotatable bonds is 4. The topological polar surface area (TPSA) is 56.1 Å². The van der Waals surface area contributed by atoms with E-state index in [0.717, 1.165) is 21.6 Å². The highest BCUT2D eigenvalue weighted by Gasteiger charge is 2.17. The normalized spacial score (nSPS) is 11.0. The number of thiophene rings is 1. The van der Waals surface area contributed by atoms with Crippen molar-refractivity contribution in [3.05, 3.63) is 46.7 Å². The van der Waals surface area contributed by atoms with Crippen molar-refractivity contribution in [1.82, 2.24) is 15.3 Å². The average molecular weight is 319 g/mol. The highest BCUT2D eigenvalue weighted by molar-refractivity contribution is 7.20. The summed E-state index contributed by atoms with van der Waals surface area (Å²) in [5.74, 6) is -0.583. The van der Waals surface area contributed by atoms with Gasteiger partial charge in [0.2, 0.25) is 0 Å². The maximum atomic E-state index is 13.1. The molecule has 0 aliphatic rings. The van der Waals surface area contributed by atoms with Gasteiger partial charge in [0.05, 0.1) is 22.9 Å². The van der Waals surface area contributed by atoms with Crippen molar-refractivity contribution in [2.24, 2.45) is 0 Å². The Morgan fingerprint density at radius 1 is 1.41 bits per heavy atom. The van der Waals surface area contributed by atoms with Crippen LogP contribution in [0.2, 0.25) is 0 Å². The molecule has 1 N–H and O–H groups in total. The number of amides is 1. The Balaban J connectivity index is 2.03. The molecule has 0 saturated heterocycles. The molecule has 2 aromatic heterocycles. The van der Waals surface area contributed by atoms with Crippen LogP contribution in [0.5, 0.6) is 0 Å². The van der Waals surface area contributed by atoms with Gasteiger partial charge in [-0.05, 0) is 44.2 Å². The molecule has 0 unspecified atom stereocenters. The summed E-state index contributed by atoms with van der Waals surface area (Å²) >= 11 is 1.32. The first-order chi connectivity index (χ1) is 10.6. The van der Waals surface area contributed by atoms with Crippen LogP contribution in [-0.4, -0.2) is 22.3 Å². The number of benzene rings is 1. The van der Waals surface area contributed by atoms with Gasteiger partial charge in [0, 0.05) is 5.39 Å². The minimum atomic E-state index is -0.299. The zero-order valence-corrected chi connectivity index (χ0v) is 12.9. The van der Waals surface area contributed by atoms with Crippen molar-refractivity contribution in [2.45, 2.75) is 13.8 Å². The van der Waals surface area contributed by atoms with Crippen molar-refractivity contribution in [2.75, 3.05) is 6.61 Å². The predicted molar refractivity (Wildman–Crippen MR) is 82.7 cm³/mol. The SMILES string of the molecule is CCONC(=O)c1cc2c(C)nn(-c3ccc(F)cc3)c2s1. The zero-order valence-electron chi connectivity index (χ0n) is 12.1. The van der Waals surface area contributed by atoms with Crippen LogP contribution >= 0.6 is 11.3 Å². The molecule has 5 nitrogen and oxygen atoms in total. The molecular weight excluding hydrogens is 305 g/mol. The molecule has 22 heavy (non-hydrogen) atoms. The number of aromatic nitrogens is 2. The van der Waals surface area contributed by atoms with Crippen LogP contribution in [0.15, 0.2) is 30.3 Å². The van der Waals surface area contributed by atoms with Crippen LogP contribution in [0, 0.1) is 12.7 Å². The van der Waals surface area contributed by atoms with Crippen molar-refractivity contribution in [3.8, 4) is 5.69 Å². The number of hydrogen-bond donors (Lipinski definition) is 1. The summed E-state index contributed by atoms with van der Waals surface area (Å²) in [6.45, 7) is 4.07. The number of nitrogens with zero attached hydrogens (tertiary/aromatic N) is 2. The van der Waals surface area contributed by atoms with E-state index in [1.54, 1.807) is 29.8 Å². The lowest BCUT2D eigenvalue weighted by molar-refractivity contribution is 0.0368. The molecule has 1 amide bonds. The summed E-state index contributed by atoms with van der Waals surface area (Å²) in [5.41, 5.74) is 3.94. The van der Waals surface area contributed by atoms with E-state index in [0.29, 0.717) is 11.5 Å². The third kappa shape index (κ3) is 2.60. The first-order valence-corrected chi connectivity index (χ1v) is 7.59. The summed E-state index contributed by atoms with van der Waals surface area (Å²) in [6.07, 6.45) is 0. The quantitative estimate of drug-likeness (QED) is 0.751. The fraction of sp³-hybridized carbons (Fsp3) is 0.200. The van der Waals surface area contributed by atoms with Crippen LogP contribution in [0.1, 0.15) is 22.3 Å².